The summed E-state index contributed by atoms with van der Waals surface area (Å²) in [6, 6.07) is 37.4. The molecule has 1 aliphatic carbocycles. The first-order chi connectivity index (χ1) is 20.6. The van der Waals surface area contributed by atoms with Crippen LogP contribution in [0, 0.1) is 5.92 Å². The fourth-order valence-corrected chi connectivity index (χ4v) is 6.72. The zero-order chi connectivity index (χ0) is 28.8. The highest BCUT2D eigenvalue weighted by molar-refractivity contribution is 7.89. The molecule has 5 nitrogen and oxygen atoms in total. The van der Waals surface area contributed by atoms with Crippen molar-refractivity contribution in [2.45, 2.75) is 37.0 Å². The highest BCUT2D eigenvalue weighted by Gasteiger charge is 2.26. The quantitative estimate of drug-likeness (QED) is 0.184. The van der Waals surface area contributed by atoms with Gasteiger partial charge in [0.2, 0.25) is 15.9 Å². The van der Waals surface area contributed by atoms with Gasteiger partial charge in [-0.3, -0.25) is 0 Å². The fraction of sp³-hybridized carbons (Fsp3) is 0.194. The van der Waals surface area contributed by atoms with Crippen molar-refractivity contribution in [3.8, 4) is 22.6 Å². The molecule has 1 heterocycles. The first-order valence-corrected chi connectivity index (χ1v) is 16.0. The number of nitrogens with one attached hydrogen (secondary N) is 1. The summed E-state index contributed by atoms with van der Waals surface area (Å²) >= 11 is 0. The molecule has 4 aromatic carbocycles. The number of sulfonamides is 1. The Bertz CT molecular complexity index is 1710. The summed E-state index contributed by atoms with van der Waals surface area (Å²) in [5.41, 5.74) is 6.00. The predicted molar refractivity (Wildman–Crippen MR) is 168 cm³/mol. The summed E-state index contributed by atoms with van der Waals surface area (Å²) in [6.45, 7) is 0.351. The van der Waals surface area contributed by atoms with Gasteiger partial charge >= 0.3 is 0 Å². The number of oxazole rings is 1. The maximum absolute atomic E-state index is 13.1. The molecule has 212 valence electrons. The smallest absolute Gasteiger partial charge is 0.240 e. The number of rotatable bonds is 10. The van der Waals surface area contributed by atoms with E-state index in [1.54, 1.807) is 12.1 Å². The zero-order valence-corrected chi connectivity index (χ0v) is 24.3. The molecule has 6 heteroatoms. The Balaban J connectivity index is 1.24. The van der Waals surface area contributed by atoms with E-state index < -0.39 is 10.0 Å². The number of hydrogen-bond donors (Lipinski definition) is 1. The minimum atomic E-state index is -3.62. The number of hydrogen-bond acceptors (Lipinski definition) is 4. The summed E-state index contributed by atoms with van der Waals surface area (Å²) in [7, 11) is -3.62. The average Bonchev–Trinajstić information content (AvgIpc) is 3.48. The lowest BCUT2D eigenvalue weighted by atomic mass is 9.83. The van der Waals surface area contributed by atoms with Crippen LogP contribution in [-0.4, -0.2) is 19.9 Å². The van der Waals surface area contributed by atoms with Crippen LogP contribution in [0.25, 0.3) is 28.2 Å². The van der Waals surface area contributed by atoms with Crippen molar-refractivity contribution >= 4 is 15.6 Å². The monoisotopic (exact) mass is 574 g/mol. The first-order valence-electron chi connectivity index (χ1n) is 14.5. The molecule has 0 aliphatic heterocycles. The van der Waals surface area contributed by atoms with Gasteiger partial charge in [-0.1, -0.05) is 109 Å². The van der Waals surface area contributed by atoms with Gasteiger partial charge in [-0.25, -0.2) is 18.1 Å². The van der Waals surface area contributed by atoms with Crippen LogP contribution in [0.3, 0.4) is 0 Å². The van der Waals surface area contributed by atoms with Crippen molar-refractivity contribution in [1.82, 2.24) is 9.71 Å². The fourth-order valence-electron chi connectivity index (χ4n) is 5.62. The van der Waals surface area contributed by atoms with Gasteiger partial charge < -0.3 is 4.42 Å². The van der Waals surface area contributed by atoms with Gasteiger partial charge in [0.05, 0.1) is 4.90 Å². The first kappa shape index (κ1) is 27.9. The molecule has 0 radical (unpaired) electrons. The molecule has 0 bridgehead atoms. The van der Waals surface area contributed by atoms with Crippen LogP contribution >= 0.6 is 0 Å². The second kappa shape index (κ2) is 12.7. The number of allylic oxidation sites excluding steroid dienone is 2. The van der Waals surface area contributed by atoms with Crippen molar-refractivity contribution in [2.75, 3.05) is 6.54 Å². The van der Waals surface area contributed by atoms with Crippen molar-refractivity contribution in [3.63, 3.8) is 0 Å². The molecule has 5 aromatic rings. The highest BCUT2D eigenvalue weighted by Crippen LogP contribution is 2.40. The number of benzene rings is 4. The lowest BCUT2D eigenvalue weighted by molar-refractivity contribution is 0.504. The van der Waals surface area contributed by atoms with Crippen molar-refractivity contribution in [3.05, 3.63) is 138 Å². The molecule has 1 aliphatic rings. The van der Waals surface area contributed by atoms with E-state index in [1.807, 2.05) is 91.0 Å². The summed E-state index contributed by atoms with van der Waals surface area (Å²) in [4.78, 5) is 5.34. The van der Waals surface area contributed by atoms with E-state index in [2.05, 4.69) is 22.9 Å². The van der Waals surface area contributed by atoms with Gasteiger partial charge in [0.15, 0.2) is 5.76 Å². The van der Waals surface area contributed by atoms with Gasteiger partial charge in [-0.2, -0.15) is 0 Å². The molecule has 0 amide bonds. The van der Waals surface area contributed by atoms with Crippen molar-refractivity contribution < 1.29 is 12.8 Å². The molecule has 0 saturated carbocycles. The Kier molecular flexibility index (Phi) is 8.45. The Morgan fingerprint density at radius 2 is 1.45 bits per heavy atom. The van der Waals surface area contributed by atoms with Crippen LogP contribution < -0.4 is 4.72 Å². The summed E-state index contributed by atoms with van der Waals surface area (Å²) in [5.74, 6) is 1.58. The number of nitrogens with zero attached hydrogens (tertiary/aromatic N) is 1. The topological polar surface area (TPSA) is 72.2 Å². The largest absolute Gasteiger partial charge is 0.436 e. The second-order valence-electron chi connectivity index (χ2n) is 10.7. The third kappa shape index (κ3) is 6.46. The molecule has 42 heavy (non-hydrogen) atoms. The van der Waals surface area contributed by atoms with Crippen LogP contribution in [0.4, 0.5) is 0 Å². The van der Waals surface area contributed by atoms with Gasteiger partial charge in [0.1, 0.15) is 5.69 Å². The van der Waals surface area contributed by atoms with Gasteiger partial charge in [0, 0.05) is 23.2 Å². The molecule has 1 N–H and O–H groups in total. The van der Waals surface area contributed by atoms with Crippen LogP contribution in [-0.2, 0) is 22.9 Å². The standard InChI is InChI=1S/C36H34N2O3S/c39-42(40,37-24-23-27-13-4-1-5-14-27)32-21-12-15-28(26-32)25-31-20-10-11-22-33(31)36-38-34(29-16-6-2-7-17-29)35(41-36)30-18-8-3-9-19-30/h1-9,12-19,21-22,26,31,37H,10-11,20,23-25H2. The van der Waals surface area contributed by atoms with Crippen molar-refractivity contribution in [1.29, 1.82) is 0 Å². The van der Waals surface area contributed by atoms with Gasteiger partial charge in [-0.15, -0.1) is 0 Å². The highest BCUT2D eigenvalue weighted by atomic mass is 32.2. The lowest BCUT2D eigenvalue weighted by Crippen LogP contribution is -2.26. The van der Waals surface area contributed by atoms with Crippen LogP contribution in [0.1, 0.15) is 36.3 Å². The van der Waals surface area contributed by atoms with E-state index in [9.17, 15) is 8.42 Å². The Labute approximate surface area is 248 Å². The SMILES string of the molecule is O=S(=O)(NCCc1ccccc1)c1cccc(CC2CCCC=C2c2nc(-c3ccccc3)c(-c3ccccc3)o2)c1. The van der Waals surface area contributed by atoms with E-state index in [4.69, 9.17) is 9.40 Å². The summed E-state index contributed by atoms with van der Waals surface area (Å²) < 4.78 is 35.5. The molecular weight excluding hydrogens is 540 g/mol. The summed E-state index contributed by atoms with van der Waals surface area (Å²) in [6.07, 6.45) is 6.63. The molecule has 1 unspecified atom stereocenters. The van der Waals surface area contributed by atoms with Crippen LogP contribution in [0.2, 0.25) is 0 Å². The predicted octanol–water partition coefficient (Wildman–Crippen LogP) is 7.96. The molecule has 0 fully saturated rings. The van der Waals surface area contributed by atoms with E-state index in [0.29, 0.717) is 30.2 Å². The maximum Gasteiger partial charge on any atom is 0.240 e. The van der Waals surface area contributed by atoms with E-state index in [1.165, 1.54) is 0 Å². The third-order valence-corrected chi connectivity index (χ3v) is 9.22. The molecule has 0 saturated heterocycles. The molecular formula is C36H34N2O3S. The lowest BCUT2D eigenvalue weighted by Gasteiger charge is -2.22. The Morgan fingerprint density at radius 3 is 2.19 bits per heavy atom. The third-order valence-electron chi connectivity index (χ3n) is 7.76. The Morgan fingerprint density at radius 1 is 0.786 bits per heavy atom. The van der Waals surface area contributed by atoms with Crippen molar-refractivity contribution in [2.24, 2.45) is 5.92 Å². The molecule has 6 rings (SSSR count). The normalized spacial score (nSPS) is 15.3. The number of aromatic nitrogens is 1. The minimum absolute atomic E-state index is 0.175. The molecule has 1 aromatic heterocycles. The van der Waals surface area contributed by atoms with Crippen LogP contribution in [0.5, 0.6) is 0 Å². The zero-order valence-electron chi connectivity index (χ0n) is 23.4. The van der Waals surface area contributed by atoms with Gasteiger partial charge in [-0.05, 0) is 61.3 Å². The van der Waals surface area contributed by atoms with Gasteiger partial charge in [0.25, 0.3) is 0 Å². The van der Waals surface area contributed by atoms with E-state index in [-0.39, 0.29) is 5.92 Å². The van der Waals surface area contributed by atoms with E-state index in [0.717, 1.165) is 58.5 Å². The molecule has 0 spiro atoms. The summed E-state index contributed by atoms with van der Waals surface area (Å²) in [5, 5.41) is 0. The minimum Gasteiger partial charge on any atom is -0.436 e. The van der Waals surface area contributed by atoms with E-state index >= 15 is 0 Å². The van der Waals surface area contributed by atoms with Crippen LogP contribution in [0.15, 0.2) is 131 Å². The Hall–Kier alpha value is -4.26. The maximum atomic E-state index is 13.1. The second-order valence-corrected chi connectivity index (χ2v) is 12.5. The molecule has 1 atom stereocenters. The average molecular weight is 575 g/mol.